The topological polar surface area (TPSA) is 26.0 Å². The lowest BCUT2D eigenvalue weighted by molar-refractivity contribution is 0.508. The fourth-order valence-corrected chi connectivity index (χ4v) is 1.84. The normalized spacial score (nSPS) is 12.7. The molecule has 0 aliphatic heterocycles. The maximum absolute atomic E-state index is 5.88. The largest absolute Gasteiger partial charge is 0.439 e. The second-order valence-electron chi connectivity index (χ2n) is 3.16. The molecule has 0 N–H and O–H groups in total. The summed E-state index contributed by atoms with van der Waals surface area (Å²) in [7, 11) is 0. The smallest absolute Gasteiger partial charge is 0.212 e. The van der Waals surface area contributed by atoms with Crippen LogP contribution in [0.1, 0.15) is 18.2 Å². The number of nitrogens with zero attached hydrogens (tertiary/aromatic N) is 1. The van der Waals surface area contributed by atoms with Gasteiger partial charge in [0.15, 0.2) is 5.76 Å². The molecule has 1 atom stereocenters. The molecule has 0 amide bonds. The first-order valence-electron chi connectivity index (χ1n) is 4.53. The Morgan fingerprint density at radius 3 is 2.73 bits per heavy atom. The lowest BCUT2D eigenvalue weighted by Crippen LogP contribution is -1.80. The third-order valence-corrected chi connectivity index (χ3v) is 2.88. The Bertz CT molecular complexity index is 467. The summed E-state index contributed by atoms with van der Waals surface area (Å²) in [6, 6.07) is 7.83. The van der Waals surface area contributed by atoms with E-state index in [1.54, 1.807) is 6.20 Å². The molecule has 0 saturated heterocycles. The van der Waals surface area contributed by atoms with Gasteiger partial charge in [-0.1, -0.05) is 34.1 Å². The molecule has 1 unspecified atom stereocenters. The number of hydrogen-bond acceptors (Lipinski definition) is 2. The second kappa shape index (κ2) is 4.37. The molecule has 1 aromatic heterocycles. The van der Waals surface area contributed by atoms with Gasteiger partial charge in [-0.2, -0.15) is 0 Å². The fourth-order valence-electron chi connectivity index (χ4n) is 1.26. The van der Waals surface area contributed by atoms with Crippen molar-refractivity contribution in [3.8, 4) is 11.3 Å². The van der Waals surface area contributed by atoms with Crippen molar-refractivity contribution in [3.05, 3.63) is 40.8 Å². The summed E-state index contributed by atoms with van der Waals surface area (Å²) in [5, 5.41) is -0.207. The summed E-state index contributed by atoms with van der Waals surface area (Å²) in [5.41, 5.74) is 0.980. The van der Waals surface area contributed by atoms with Crippen LogP contribution in [0.15, 0.2) is 39.4 Å². The van der Waals surface area contributed by atoms with Gasteiger partial charge in [-0.3, -0.25) is 0 Å². The van der Waals surface area contributed by atoms with E-state index in [9.17, 15) is 0 Å². The van der Waals surface area contributed by atoms with Gasteiger partial charge in [0.1, 0.15) is 5.38 Å². The van der Waals surface area contributed by atoms with Crippen LogP contribution in [0, 0.1) is 0 Å². The van der Waals surface area contributed by atoms with Crippen LogP contribution in [0.3, 0.4) is 0 Å². The summed E-state index contributed by atoms with van der Waals surface area (Å²) in [6.45, 7) is 1.83. The number of aromatic nitrogens is 1. The van der Waals surface area contributed by atoms with Gasteiger partial charge in [-0.15, -0.1) is 11.6 Å². The maximum Gasteiger partial charge on any atom is 0.212 e. The first-order valence-corrected chi connectivity index (χ1v) is 5.76. The monoisotopic (exact) mass is 285 g/mol. The molecular formula is C11H9BrClNO. The van der Waals surface area contributed by atoms with E-state index in [-0.39, 0.29) is 5.38 Å². The van der Waals surface area contributed by atoms with Crippen molar-refractivity contribution in [2.45, 2.75) is 12.3 Å². The van der Waals surface area contributed by atoms with E-state index in [4.69, 9.17) is 16.0 Å². The minimum Gasteiger partial charge on any atom is -0.439 e. The van der Waals surface area contributed by atoms with Gasteiger partial charge in [0.2, 0.25) is 5.89 Å². The van der Waals surface area contributed by atoms with Gasteiger partial charge in [0.25, 0.3) is 0 Å². The molecule has 0 saturated carbocycles. The molecule has 15 heavy (non-hydrogen) atoms. The average Bonchev–Trinajstić information content (AvgIpc) is 2.67. The number of benzene rings is 1. The average molecular weight is 287 g/mol. The zero-order valence-electron chi connectivity index (χ0n) is 8.08. The Morgan fingerprint density at radius 2 is 2.13 bits per heavy atom. The Labute approximate surface area is 101 Å². The molecule has 1 aromatic carbocycles. The van der Waals surface area contributed by atoms with E-state index in [1.807, 2.05) is 31.2 Å². The van der Waals surface area contributed by atoms with E-state index in [1.165, 1.54) is 0 Å². The number of alkyl halides is 1. The van der Waals surface area contributed by atoms with Crippen LogP contribution in [-0.4, -0.2) is 4.98 Å². The second-order valence-corrected chi connectivity index (χ2v) is 4.67. The van der Waals surface area contributed by atoms with Crippen molar-refractivity contribution >= 4 is 27.5 Å². The van der Waals surface area contributed by atoms with E-state index in [2.05, 4.69) is 20.9 Å². The standard InChI is InChI=1S/C11H9BrClNO/c1-7(13)11-14-6-10(15-11)8-4-2-3-5-9(8)12/h2-7H,1H3. The van der Waals surface area contributed by atoms with Crippen LogP contribution in [0.4, 0.5) is 0 Å². The Hall–Kier alpha value is -0.800. The van der Waals surface area contributed by atoms with Crippen LogP contribution in [0.2, 0.25) is 0 Å². The Balaban J connectivity index is 2.42. The van der Waals surface area contributed by atoms with Gasteiger partial charge < -0.3 is 4.42 Å². The highest BCUT2D eigenvalue weighted by atomic mass is 79.9. The first-order chi connectivity index (χ1) is 7.18. The van der Waals surface area contributed by atoms with Crippen LogP contribution >= 0.6 is 27.5 Å². The molecule has 1 heterocycles. The summed E-state index contributed by atoms with van der Waals surface area (Å²) >= 11 is 9.33. The molecule has 2 nitrogen and oxygen atoms in total. The van der Waals surface area contributed by atoms with Crippen molar-refractivity contribution in [3.63, 3.8) is 0 Å². The molecule has 2 rings (SSSR count). The number of oxazole rings is 1. The van der Waals surface area contributed by atoms with Gasteiger partial charge in [-0.25, -0.2) is 4.98 Å². The molecular weight excluding hydrogens is 277 g/mol. The highest BCUT2D eigenvalue weighted by molar-refractivity contribution is 9.10. The summed E-state index contributed by atoms with van der Waals surface area (Å²) in [5.74, 6) is 1.27. The lowest BCUT2D eigenvalue weighted by Gasteiger charge is -1.99. The van der Waals surface area contributed by atoms with Crippen LogP contribution in [0.25, 0.3) is 11.3 Å². The molecule has 0 fully saturated rings. The molecule has 0 aliphatic rings. The predicted octanol–water partition coefficient (Wildman–Crippen LogP) is 4.40. The summed E-state index contributed by atoms with van der Waals surface area (Å²) in [4.78, 5) is 4.11. The molecule has 4 heteroatoms. The van der Waals surface area contributed by atoms with E-state index in [0.29, 0.717) is 5.89 Å². The minimum atomic E-state index is -0.207. The lowest BCUT2D eigenvalue weighted by atomic mass is 10.2. The Kier molecular flexibility index (Phi) is 3.12. The molecule has 0 spiro atoms. The van der Waals surface area contributed by atoms with E-state index >= 15 is 0 Å². The van der Waals surface area contributed by atoms with Crippen molar-refractivity contribution in [1.29, 1.82) is 0 Å². The van der Waals surface area contributed by atoms with Crippen LogP contribution in [-0.2, 0) is 0 Å². The fraction of sp³-hybridized carbons (Fsp3) is 0.182. The SMILES string of the molecule is CC(Cl)c1ncc(-c2ccccc2Br)o1. The summed E-state index contributed by atoms with van der Waals surface area (Å²) in [6.07, 6.45) is 1.69. The molecule has 78 valence electrons. The van der Waals surface area contributed by atoms with Gasteiger partial charge in [-0.05, 0) is 13.0 Å². The van der Waals surface area contributed by atoms with E-state index < -0.39 is 0 Å². The molecule has 0 bridgehead atoms. The zero-order chi connectivity index (χ0) is 10.8. The van der Waals surface area contributed by atoms with Gasteiger partial charge in [0, 0.05) is 10.0 Å². The Morgan fingerprint density at radius 1 is 1.40 bits per heavy atom. The molecule has 0 aliphatic carbocycles. The minimum absolute atomic E-state index is 0.207. The maximum atomic E-state index is 5.88. The van der Waals surface area contributed by atoms with Crippen molar-refractivity contribution in [2.24, 2.45) is 0 Å². The van der Waals surface area contributed by atoms with Crippen LogP contribution < -0.4 is 0 Å². The predicted molar refractivity (Wildman–Crippen MR) is 63.9 cm³/mol. The highest BCUT2D eigenvalue weighted by Crippen LogP contribution is 2.30. The third kappa shape index (κ3) is 2.24. The quantitative estimate of drug-likeness (QED) is 0.765. The summed E-state index contributed by atoms with van der Waals surface area (Å²) < 4.78 is 6.52. The van der Waals surface area contributed by atoms with E-state index in [0.717, 1.165) is 15.8 Å². The molecule has 2 aromatic rings. The number of halogens is 2. The van der Waals surface area contributed by atoms with Crippen molar-refractivity contribution in [1.82, 2.24) is 4.98 Å². The van der Waals surface area contributed by atoms with Crippen molar-refractivity contribution < 1.29 is 4.42 Å². The van der Waals surface area contributed by atoms with Crippen molar-refractivity contribution in [2.75, 3.05) is 0 Å². The zero-order valence-corrected chi connectivity index (χ0v) is 10.4. The third-order valence-electron chi connectivity index (χ3n) is 2.00. The highest BCUT2D eigenvalue weighted by Gasteiger charge is 2.12. The number of hydrogen-bond donors (Lipinski definition) is 0. The number of rotatable bonds is 2. The van der Waals surface area contributed by atoms with Gasteiger partial charge in [0.05, 0.1) is 6.20 Å². The first kappa shape index (κ1) is 10.7. The molecule has 0 radical (unpaired) electrons. The van der Waals surface area contributed by atoms with Gasteiger partial charge >= 0.3 is 0 Å². The van der Waals surface area contributed by atoms with Crippen LogP contribution in [0.5, 0.6) is 0 Å².